The Morgan fingerprint density at radius 2 is 1.87 bits per heavy atom. The fraction of sp³-hybridized carbons (Fsp3) is 0.667. The molecule has 0 atom stereocenters. The van der Waals surface area contributed by atoms with E-state index in [-0.39, 0.29) is 5.54 Å². The van der Waals surface area contributed by atoms with Gasteiger partial charge in [-0.3, -0.25) is 0 Å². The second-order valence-electron chi connectivity index (χ2n) is 5.33. The van der Waals surface area contributed by atoms with Crippen LogP contribution < -0.4 is 5.32 Å². The molecule has 1 aliphatic carbocycles. The molecule has 0 unspecified atom stereocenters. The molecule has 0 radical (unpaired) electrons. The minimum Gasteiger partial charge on any atom is -0.308 e. The molecule has 0 aromatic carbocycles. The van der Waals surface area contributed by atoms with Gasteiger partial charge in [0.1, 0.15) is 5.82 Å². The third-order valence-corrected chi connectivity index (χ3v) is 2.49. The fourth-order valence-corrected chi connectivity index (χ4v) is 1.38. The molecule has 3 heteroatoms. The van der Waals surface area contributed by atoms with Gasteiger partial charge in [0.05, 0.1) is 0 Å². The summed E-state index contributed by atoms with van der Waals surface area (Å²) in [7, 11) is 0. The largest absolute Gasteiger partial charge is 0.308 e. The van der Waals surface area contributed by atoms with E-state index in [0.717, 1.165) is 17.9 Å². The van der Waals surface area contributed by atoms with E-state index in [1.807, 2.05) is 12.4 Å². The zero-order valence-corrected chi connectivity index (χ0v) is 9.75. The van der Waals surface area contributed by atoms with E-state index in [2.05, 4.69) is 36.1 Å². The van der Waals surface area contributed by atoms with Crippen LogP contribution in [-0.2, 0) is 6.54 Å². The fourth-order valence-electron chi connectivity index (χ4n) is 1.38. The molecule has 0 amide bonds. The van der Waals surface area contributed by atoms with Gasteiger partial charge < -0.3 is 5.32 Å². The maximum Gasteiger partial charge on any atom is 0.131 e. The Balaban J connectivity index is 1.92. The first-order valence-corrected chi connectivity index (χ1v) is 5.60. The Kier molecular flexibility index (Phi) is 2.74. The van der Waals surface area contributed by atoms with Gasteiger partial charge in [0.2, 0.25) is 0 Å². The zero-order chi connectivity index (χ0) is 10.9. The lowest BCUT2D eigenvalue weighted by molar-refractivity contribution is 0.423. The van der Waals surface area contributed by atoms with Crippen molar-refractivity contribution in [1.29, 1.82) is 0 Å². The van der Waals surface area contributed by atoms with Crippen LogP contribution in [-0.4, -0.2) is 15.5 Å². The summed E-state index contributed by atoms with van der Waals surface area (Å²) in [6, 6.07) is 0. The Bertz CT molecular complexity index is 320. The summed E-state index contributed by atoms with van der Waals surface area (Å²) < 4.78 is 0. The summed E-state index contributed by atoms with van der Waals surface area (Å²) in [6.45, 7) is 7.32. The van der Waals surface area contributed by atoms with E-state index in [4.69, 9.17) is 0 Å². The molecule has 0 spiro atoms. The lowest BCUT2D eigenvalue weighted by atomic mass is 10.1. The third-order valence-electron chi connectivity index (χ3n) is 2.49. The second-order valence-corrected chi connectivity index (χ2v) is 5.33. The average Bonchev–Trinajstić information content (AvgIpc) is 2.98. The highest BCUT2D eigenvalue weighted by Gasteiger charge is 2.26. The molecule has 0 saturated heterocycles. The minimum atomic E-state index is 0.148. The van der Waals surface area contributed by atoms with E-state index in [0.29, 0.717) is 5.92 Å². The van der Waals surface area contributed by atoms with Gasteiger partial charge >= 0.3 is 0 Å². The number of nitrogens with one attached hydrogen (secondary N) is 1. The smallest absolute Gasteiger partial charge is 0.131 e. The lowest BCUT2D eigenvalue weighted by Gasteiger charge is -2.20. The summed E-state index contributed by atoms with van der Waals surface area (Å²) in [5.74, 6) is 1.67. The number of hydrogen-bond acceptors (Lipinski definition) is 3. The van der Waals surface area contributed by atoms with Gasteiger partial charge in [0.25, 0.3) is 0 Å². The highest BCUT2D eigenvalue weighted by atomic mass is 15.0. The van der Waals surface area contributed by atoms with Crippen LogP contribution in [0.1, 0.15) is 50.9 Å². The van der Waals surface area contributed by atoms with Crippen molar-refractivity contribution in [3.05, 3.63) is 23.8 Å². The minimum absolute atomic E-state index is 0.148. The standard InChI is InChI=1S/C12H19N3/c1-12(2,3)15-8-9-6-13-11(14-7-9)10-4-5-10/h6-7,10,15H,4-5,8H2,1-3H3. The Morgan fingerprint density at radius 1 is 1.27 bits per heavy atom. The van der Waals surface area contributed by atoms with Crippen LogP contribution in [0.15, 0.2) is 12.4 Å². The Morgan fingerprint density at radius 3 is 2.33 bits per heavy atom. The normalized spacial score (nSPS) is 16.7. The summed E-state index contributed by atoms with van der Waals surface area (Å²) >= 11 is 0. The first-order valence-electron chi connectivity index (χ1n) is 5.60. The monoisotopic (exact) mass is 205 g/mol. The Hall–Kier alpha value is -0.960. The van der Waals surface area contributed by atoms with Crippen LogP contribution in [0.3, 0.4) is 0 Å². The molecule has 1 saturated carbocycles. The third kappa shape index (κ3) is 3.27. The van der Waals surface area contributed by atoms with Gasteiger partial charge in [0.15, 0.2) is 0 Å². The summed E-state index contributed by atoms with van der Waals surface area (Å²) in [4.78, 5) is 8.78. The molecule has 3 nitrogen and oxygen atoms in total. The molecule has 1 aromatic rings. The molecular weight excluding hydrogens is 186 g/mol. The van der Waals surface area contributed by atoms with Gasteiger partial charge in [-0.2, -0.15) is 0 Å². The van der Waals surface area contributed by atoms with Crippen LogP contribution in [0.5, 0.6) is 0 Å². The molecule has 2 rings (SSSR count). The molecule has 1 N–H and O–H groups in total. The van der Waals surface area contributed by atoms with Crippen molar-refractivity contribution in [2.75, 3.05) is 0 Å². The first kappa shape index (κ1) is 10.6. The number of nitrogens with zero attached hydrogens (tertiary/aromatic N) is 2. The summed E-state index contributed by atoms with van der Waals surface area (Å²) in [5.41, 5.74) is 1.31. The van der Waals surface area contributed by atoms with E-state index in [9.17, 15) is 0 Å². The lowest BCUT2D eigenvalue weighted by Crippen LogP contribution is -2.35. The molecule has 1 heterocycles. The molecule has 1 fully saturated rings. The van der Waals surface area contributed by atoms with E-state index < -0.39 is 0 Å². The van der Waals surface area contributed by atoms with Crippen molar-refractivity contribution in [1.82, 2.24) is 15.3 Å². The topological polar surface area (TPSA) is 37.8 Å². The maximum atomic E-state index is 4.39. The van der Waals surface area contributed by atoms with Crippen LogP contribution in [0.25, 0.3) is 0 Å². The predicted molar refractivity (Wildman–Crippen MR) is 60.6 cm³/mol. The highest BCUT2D eigenvalue weighted by molar-refractivity contribution is 5.10. The summed E-state index contributed by atoms with van der Waals surface area (Å²) in [6.07, 6.45) is 6.41. The second kappa shape index (κ2) is 3.89. The SMILES string of the molecule is CC(C)(C)NCc1cnc(C2CC2)nc1. The van der Waals surface area contributed by atoms with Gasteiger partial charge in [-0.15, -0.1) is 0 Å². The van der Waals surface area contributed by atoms with Crippen LogP contribution in [0.2, 0.25) is 0 Å². The quantitative estimate of drug-likeness (QED) is 0.822. The first-order chi connectivity index (χ1) is 7.04. The Labute approximate surface area is 91.3 Å². The van der Waals surface area contributed by atoms with Crippen LogP contribution in [0, 0.1) is 0 Å². The molecule has 0 bridgehead atoms. The van der Waals surface area contributed by atoms with Gasteiger partial charge in [-0.05, 0) is 33.6 Å². The molecule has 0 aliphatic heterocycles. The van der Waals surface area contributed by atoms with Gasteiger partial charge in [-0.1, -0.05) is 0 Å². The van der Waals surface area contributed by atoms with Crippen molar-refractivity contribution >= 4 is 0 Å². The van der Waals surface area contributed by atoms with Crippen molar-refractivity contribution in [3.63, 3.8) is 0 Å². The number of hydrogen-bond donors (Lipinski definition) is 1. The van der Waals surface area contributed by atoms with E-state index >= 15 is 0 Å². The molecular formula is C12H19N3. The maximum absolute atomic E-state index is 4.39. The van der Waals surface area contributed by atoms with Gasteiger partial charge in [-0.25, -0.2) is 9.97 Å². The van der Waals surface area contributed by atoms with Crippen molar-refractivity contribution in [2.45, 2.75) is 51.6 Å². The zero-order valence-electron chi connectivity index (χ0n) is 9.75. The van der Waals surface area contributed by atoms with E-state index in [1.54, 1.807) is 0 Å². The van der Waals surface area contributed by atoms with Crippen molar-refractivity contribution < 1.29 is 0 Å². The van der Waals surface area contributed by atoms with Crippen molar-refractivity contribution in [2.24, 2.45) is 0 Å². The van der Waals surface area contributed by atoms with Crippen molar-refractivity contribution in [3.8, 4) is 0 Å². The number of aromatic nitrogens is 2. The molecule has 1 aliphatic rings. The van der Waals surface area contributed by atoms with Crippen LogP contribution in [0.4, 0.5) is 0 Å². The highest BCUT2D eigenvalue weighted by Crippen LogP contribution is 2.37. The number of rotatable bonds is 3. The van der Waals surface area contributed by atoms with E-state index in [1.165, 1.54) is 12.8 Å². The molecule has 82 valence electrons. The van der Waals surface area contributed by atoms with Crippen LogP contribution >= 0.6 is 0 Å². The van der Waals surface area contributed by atoms with Gasteiger partial charge in [0, 0.05) is 36.0 Å². The summed E-state index contributed by atoms with van der Waals surface area (Å²) in [5, 5.41) is 3.42. The molecule has 1 aromatic heterocycles. The average molecular weight is 205 g/mol. The molecule has 15 heavy (non-hydrogen) atoms. The predicted octanol–water partition coefficient (Wildman–Crippen LogP) is 2.24.